The van der Waals surface area contributed by atoms with Crippen LogP contribution in [0.4, 0.5) is 43.9 Å². The molecule has 0 radical (unpaired) electrons. The number of amides is 1. The molecular weight excluding hydrogens is 1020 g/mol. The molecule has 4 aromatic carbocycles. The lowest BCUT2D eigenvalue weighted by Crippen LogP contribution is -2.23. The van der Waals surface area contributed by atoms with Crippen LogP contribution in [0.15, 0.2) is 82.3 Å². The fourth-order valence-electron chi connectivity index (χ4n) is 4.39. The molecule has 0 aliphatic carbocycles. The van der Waals surface area contributed by atoms with E-state index in [1.165, 1.54) is 24.8 Å². The second kappa shape index (κ2) is 22.7. The molecule has 6 rings (SSSR count). The minimum atomic E-state index is -4.64. The number of benzene rings is 4. The fourth-order valence-corrected chi connectivity index (χ4v) is 6.20. The average Bonchev–Trinajstić information content (AvgIpc) is 3.93. The summed E-state index contributed by atoms with van der Waals surface area (Å²) in [5.41, 5.74) is 3.00. The quantitative estimate of drug-likeness (QED) is 0.100. The number of aromatic nitrogens is 4. The van der Waals surface area contributed by atoms with Crippen LogP contribution >= 0.6 is 54.9 Å². The van der Waals surface area contributed by atoms with Gasteiger partial charge < -0.3 is 25.3 Å². The van der Waals surface area contributed by atoms with Crippen LogP contribution < -0.4 is 20.5 Å². The van der Waals surface area contributed by atoms with Gasteiger partial charge in [0.25, 0.3) is 5.91 Å². The van der Waals surface area contributed by atoms with Gasteiger partial charge in [-0.3, -0.25) is 4.79 Å². The molecule has 2 aromatic heterocycles. The van der Waals surface area contributed by atoms with E-state index in [-0.39, 0.29) is 57.1 Å². The summed E-state index contributed by atoms with van der Waals surface area (Å²) in [7, 11) is 0. The van der Waals surface area contributed by atoms with E-state index in [1.54, 1.807) is 6.92 Å². The third kappa shape index (κ3) is 15.0. The maximum atomic E-state index is 14.3. The molecule has 1 amide bonds. The zero-order valence-corrected chi connectivity index (χ0v) is 35.1. The number of alkyl halides is 6. The van der Waals surface area contributed by atoms with Gasteiger partial charge in [-0.05, 0) is 78.5 Å². The molecule has 0 fully saturated rings. The van der Waals surface area contributed by atoms with E-state index >= 15 is 0 Å². The Morgan fingerprint density at radius 2 is 1.13 bits per heavy atom. The fraction of sp³-hybridized carbons (Fsp3) is 0.189. The van der Waals surface area contributed by atoms with Crippen LogP contribution in [-0.2, 0) is 30.2 Å². The minimum absolute atomic E-state index is 0. The van der Waals surface area contributed by atoms with Crippen molar-refractivity contribution < 1.29 is 67.7 Å². The molecule has 0 saturated heterocycles. The first-order valence-electron chi connectivity index (χ1n) is 16.4. The molecule has 6 aromatic rings. The van der Waals surface area contributed by atoms with Gasteiger partial charge in [0.15, 0.2) is 23.1 Å². The van der Waals surface area contributed by atoms with Crippen molar-refractivity contribution in [2.24, 2.45) is 5.73 Å². The Bertz CT molecular complexity index is 2450. The minimum Gasteiger partial charge on any atom is -0.461 e. The van der Waals surface area contributed by atoms with Crippen LogP contribution in [0.3, 0.4) is 0 Å². The van der Waals surface area contributed by atoms with Crippen LogP contribution in [0, 0.1) is 23.3 Å². The molecule has 332 valence electrons. The van der Waals surface area contributed by atoms with Crippen LogP contribution in [0.25, 0.3) is 0 Å². The molecule has 0 bridgehead atoms. The molecule has 3 N–H and O–H groups in total. The van der Waals surface area contributed by atoms with Crippen LogP contribution in [0.1, 0.15) is 56.2 Å². The van der Waals surface area contributed by atoms with E-state index in [4.69, 9.17) is 15.2 Å². The Labute approximate surface area is 369 Å². The van der Waals surface area contributed by atoms with Gasteiger partial charge in [-0.25, -0.2) is 32.3 Å². The third-order valence-corrected chi connectivity index (χ3v) is 9.30. The van der Waals surface area contributed by atoms with Crippen molar-refractivity contribution in [3.05, 3.63) is 138 Å². The Balaban J connectivity index is 0.000000273. The molecule has 25 heteroatoms. The summed E-state index contributed by atoms with van der Waals surface area (Å²) >= 11 is 7.70. The summed E-state index contributed by atoms with van der Waals surface area (Å²) in [5.74, 6) is -6.39. The first-order valence-corrected chi connectivity index (χ1v) is 19.6. The monoisotopic (exact) mass is 1050 g/mol. The van der Waals surface area contributed by atoms with Crippen molar-refractivity contribution in [3.63, 3.8) is 0 Å². The number of nitrogens with zero attached hydrogens (tertiary/aromatic N) is 4. The highest BCUT2D eigenvalue weighted by Crippen LogP contribution is 2.38. The number of carbonyl (C=O) groups excluding carboxylic acids is 2. The summed E-state index contributed by atoms with van der Waals surface area (Å²) in [4.78, 5) is 29.9. The average molecular weight is 1050 g/mol. The zero-order valence-electron chi connectivity index (χ0n) is 30.3. The van der Waals surface area contributed by atoms with E-state index in [1.807, 2.05) is 0 Å². The van der Waals surface area contributed by atoms with E-state index in [0.717, 1.165) is 53.4 Å². The Hall–Kier alpha value is -5.24. The predicted octanol–water partition coefficient (Wildman–Crippen LogP) is 11.7. The summed E-state index contributed by atoms with van der Waals surface area (Å²) in [6.07, 6.45) is -6.72. The standard InChI is InChI=1S/C17H9BrF5N3O2S.C14H9BrF5NO.C5H6N2O2S.CH4/c18-10-2-9(17(21,22)23)3-11(4-10)28-14-5-12(19)8(1-13(14)20)6-24-15(27)16-25-7-26-29-16;15-9-2-8(14(18,19)20)3-10(4-9)22-13-5-11(16)7(6-21)1-12(13)17;1-2-9-5(8)4-6-3-7-10-4;/h1-5,7H,6H2,(H,24,27);1-5H,6,21H2;3H,2H2,1H3;1H4. The first kappa shape index (κ1) is 51.1. The van der Waals surface area contributed by atoms with Crippen molar-refractivity contribution in [1.82, 2.24) is 24.0 Å². The zero-order chi connectivity index (χ0) is 45.1. The van der Waals surface area contributed by atoms with Crippen molar-refractivity contribution in [1.29, 1.82) is 0 Å². The number of hydrogen-bond donors (Lipinski definition) is 2. The molecule has 0 aliphatic heterocycles. The SMILES string of the molecule is C.CCOC(=O)c1ncns1.NCc1cc(F)c(Oc2cc(Br)cc(C(F)(F)F)c2)cc1F.O=C(NCc1cc(F)c(Oc2cc(Br)cc(C(F)(F)F)c2)cc1F)c1ncns1. The summed E-state index contributed by atoms with van der Waals surface area (Å²) < 4.78 is 155. The first-order chi connectivity index (χ1) is 28.7. The van der Waals surface area contributed by atoms with Gasteiger partial charge in [0, 0.05) is 45.3 Å². The Morgan fingerprint density at radius 1 is 0.677 bits per heavy atom. The van der Waals surface area contributed by atoms with Gasteiger partial charge in [0.1, 0.15) is 35.8 Å². The topological polar surface area (TPSA) is 151 Å². The van der Waals surface area contributed by atoms with Gasteiger partial charge in [0.2, 0.25) is 10.0 Å². The number of esters is 1. The molecule has 0 aliphatic rings. The lowest BCUT2D eigenvalue weighted by Gasteiger charge is -2.13. The van der Waals surface area contributed by atoms with Gasteiger partial charge in [-0.15, -0.1) is 0 Å². The highest BCUT2D eigenvalue weighted by molar-refractivity contribution is 9.10. The van der Waals surface area contributed by atoms with Crippen LogP contribution in [0.2, 0.25) is 0 Å². The van der Waals surface area contributed by atoms with E-state index in [0.29, 0.717) is 29.8 Å². The molecule has 0 unspecified atom stereocenters. The van der Waals surface area contributed by atoms with E-state index in [9.17, 15) is 53.5 Å². The number of ether oxygens (including phenoxy) is 3. The normalized spacial score (nSPS) is 10.9. The molecular formula is C37H28Br2F10N6O5S2. The molecule has 0 atom stereocenters. The Morgan fingerprint density at radius 3 is 1.55 bits per heavy atom. The van der Waals surface area contributed by atoms with E-state index < -0.39 is 70.1 Å². The lowest BCUT2D eigenvalue weighted by atomic mass is 10.2. The highest BCUT2D eigenvalue weighted by atomic mass is 79.9. The number of nitrogens with one attached hydrogen (secondary N) is 1. The highest BCUT2D eigenvalue weighted by Gasteiger charge is 2.32. The van der Waals surface area contributed by atoms with Gasteiger partial charge >= 0.3 is 18.3 Å². The number of rotatable bonds is 10. The van der Waals surface area contributed by atoms with Crippen molar-refractivity contribution in [2.75, 3.05) is 6.61 Å². The second-order valence-electron chi connectivity index (χ2n) is 11.4. The lowest BCUT2D eigenvalue weighted by molar-refractivity contribution is -0.138. The smallest absolute Gasteiger partial charge is 0.416 e. The predicted molar refractivity (Wildman–Crippen MR) is 213 cm³/mol. The largest absolute Gasteiger partial charge is 0.461 e. The molecule has 11 nitrogen and oxygen atoms in total. The second-order valence-corrected chi connectivity index (χ2v) is 14.8. The Kier molecular flexibility index (Phi) is 18.7. The van der Waals surface area contributed by atoms with Crippen LogP contribution in [-0.4, -0.2) is 37.2 Å². The van der Waals surface area contributed by atoms with Gasteiger partial charge in [-0.1, -0.05) is 39.3 Å². The molecule has 2 heterocycles. The number of hydrogen-bond acceptors (Lipinski definition) is 12. The third-order valence-electron chi connectivity index (χ3n) is 7.08. The number of nitrogens with two attached hydrogens (primary N) is 1. The van der Waals surface area contributed by atoms with Crippen LogP contribution in [0.5, 0.6) is 23.0 Å². The maximum Gasteiger partial charge on any atom is 0.416 e. The summed E-state index contributed by atoms with van der Waals surface area (Å²) in [5, 5.41) is 2.72. The van der Waals surface area contributed by atoms with Crippen molar-refractivity contribution in [2.45, 2.75) is 39.8 Å². The number of carbonyl (C=O) groups is 2. The molecule has 0 saturated carbocycles. The maximum absolute atomic E-state index is 14.3. The van der Waals surface area contributed by atoms with Crippen molar-refractivity contribution in [3.8, 4) is 23.0 Å². The van der Waals surface area contributed by atoms with E-state index in [2.05, 4.69) is 60.6 Å². The number of halogens is 12. The van der Waals surface area contributed by atoms with Gasteiger partial charge in [-0.2, -0.15) is 35.1 Å². The summed E-state index contributed by atoms with van der Waals surface area (Å²) in [6, 6.07) is 8.49. The van der Waals surface area contributed by atoms with Gasteiger partial charge in [0.05, 0.1) is 17.7 Å². The molecule has 0 spiro atoms. The summed E-state index contributed by atoms with van der Waals surface area (Å²) in [6.45, 7) is 1.58. The molecule has 62 heavy (non-hydrogen) atoms. The van der Waals surface area contributed by atoms with Crippen molar-refractivity contribution >= 4 is 66.8 Å².